The molecule has 0 aromatic rings. The first-order valence-electron chi connectivity index (χ1n) is 4.67. The molecule has 1 fully saturated rings. The molecule has 2 atom stereocenters. The lowest BCUT2D eigenvalue weighted by Gasteiger charge is -2.10. The van der Waals surface area contributed by atoms with Crippen molar-refractivity contribution in [2.45, 2.75) is 32.6 Å². The molecule has 1 nitrogen and oxygen atoms in total. The highest BCUT2D eigenvalue weighted by Crippen LogP contribution is 2.29. The van der Waals surface area contributed by atoms with E-state index in [4.69, 9.17) is 0 Å². The number of alkyl halides is 2. The van der Waals surface area contributed by atoms with Gasteiger partial charge in [-0.3, -0.25) is 0 Å². The summed E-state index contributed by atoms with van der Waals surface area (Å²) in [6, 6.07) is 0. The lowest BCUT2D eigenvalue weighted by Crippen LogP contribution is -2.26. The van der Waals surface area contributed by atoms with E-state index in [1.807, 2.05) is 0 Å². The molecule has 0 aromatic heterocycles. The predicted octanol–water partition coefficient (Wildman–Crippen LogP) is 2.28. The lowest BCUT2D eigenvalue weighted by molar-refractivity contribution is 0.144. The highest BCUT2D eigenvalue weighted by Gasteiger charge is 2.20. The van der Waals surface area contributed by atoms with Crippen LogP contribution in [0.15, 0.2) is 0 Å². The Bertz CT molecular complexity index is 128. The summed E-state index contributed by atoms with van der Waals surface area (Å²) in [5, 5.41) is 2.80. The van der Waals surface area contributed by atoms with Crippen LogP contribution in [0.3, 0.4) is 0 Å². The molecule has 0 bridgehead atoms. The zero-order valence-corrected chi connectivity index (χ0v) is 7.52. The highest BCUT2D eigenvalue weighted by molar-refractivity contribution is 4.74. The fourth-order valence-electron chi connectivity index (χ4n) is 1.91. The fourth-order valence-corrected chi connectivity index (χ4v) is 1.91. The van der Waals surface area contributed by atoms with Crippen molar-refractivity contribution in [2.24, 2.45) is 11.8 Å². The average molecular weight is 177 g/mol. The van der Waals surface area contributed by atoms with Gasteiger partial charge in [0.25, 0.3) is 6.43 Å². The quantitative estimate of drug-likeness (QED) is 0.694. The van der Waals surface area contributed by atoms with Gasteiger partial charge in [-0.2, -0.15) is 0 Å². The predicted molar refractivity (Wildman–Crippen MR) is 45.4 cm³/mol. The summed E-state index contributed by atoms with van der Waals surface area (Å²) in [4.78, 5) is 0. The molecule has 72 valence electrons. The Morgan fingerprint density at radius 1 is 1.42 bits per heavy atom. The fraction of sp³-hybridized carbons (Fsp3) is 1.00. The van der Waals surface area contributed by atoms with Gasteiger partial charge in [-0.25, -0.2) is 8.78 Å². The molecule has 0 heterocycles. The van der Waals surface area contributed by atoms with Crippen LogP contribution in [-0.4, -0.2) is 19.5 Å². The number of hydrogen-bond donors (Lipinski definition) is 1. The lowest BCUT2D eigenvalue weighted by atomic mass is 10.1. The van der Waals surface area contributed by atoms with Gasteiger partial charge in [0, 0.05) is 0 Å². The van der Waals surface area contributed by atoms with Gasteiger partial charge >= 0.3 is 0 Å². The molecule has 1 N–H and O–H groups in total. The van der Waals surface area contributed by atoms with Crippen LogP contribution in [0.25, 0.3) is 0 Å². The monoisotopic (exact) mass is 177 g/mol. The Hall–Kier alpha value is -0.180. The van der Waals surface area contributed by atoms with Gasteiger partial charge < -0.3 is 5.32 Å². The maximum absolute atomic E-state index is 11.7. The molecule has 1 aliphatic carbocycles. The molecule has 0 amide bonds. The smallest absolute Gasteiger partial charge is 0.250 e. The molecule has 12 heavy (non-hydrogen) atoms. The molecule has 3 heteroatoms. The minimum Gasteiger partial charge on any atom is -0.311 e. The largest absolute Gasteiger partial charge is 0.311 e. The van der Waals surface area contributed by atoms with Crippen molar-refractivity contribution < 1.29 is 8.78 Å². The molecule has 0 saturated heterocycles. The minimum atomic E-state index is -2.20. The Labute approximate surface area is 72.5 Å². The van der Waals surface area contributed by atoms with Crippen molar-refractivity contribution in [3.63, 3.8) is 0 Å². The Kier molecular flexibility index (Phi) is 3.92. The van der Waals surface area contributed by atoms with Gasteiger partial charge in [-0.05, 0) is 31.2 Å². The van der Waals surface area contributed by atoms with Crippen LogP contribution in [-0.2, 0) is 0 Å². The zero-order valence-electron chi connectivity index (χ0n) is 7.52. The van der Waals surface area contributed by atoms with Crippen molar-refractivity contribution in [3.05, 3.63) is 0 Å². The number of nitrogens with one attached hydrogen (secondary N) is 1. The van der Waals surface area contributed by atoms with Gasteiger partial charge in [0.2, 0.25) is 0 Å². The van der Waals surface area contributed by atoms with E-state index < -0.39 is 6.43 Å². The van der Waals surface area contributed by atoms with Crippen LogP contribution in [0.2, 0.25) is 0 Å². The molecule has 1 rings (SSSR count). The Balaban J connectivity index is 2.00. The summed E-state index contributed by atoms with van der Waals surface area (Å²) >= 11 is 0. The van der Waals surface area contributed by atoms with E-state index >= 15 is 0 Å². The third-order valence-electron chi connectivity index (χ3n) is 2.54. The third-order valence-corrected chi connectivity index (χ3v) is 2.54. The first-order chi connectivity index (χ1) is 5.68. The second-order valence-electron chi connectivity index (χ2n) is 3.83. The summed E-state index contributed by atoms with van der Waals surface area (Å²) in [6.07, 6.45) is 1.47. The van der Waals surface area contributed by atoms with Crippen molar-refractivity contribution in [1.29, 1.82) is 0 Å². The van der Waals surface area contributed by atoms with Gasteiger partial charge in [0.1, 0.15) is 0 Å². The summed E-state index contributed by atoms with van der Waals surface area (Å²) in [7, 11) is 0. The summed E-state index contributed by atoms with van der Waals surface area (Å²) in [5.41, 5.74) is 0. The zero-order chi connectivity index (χ0) is 8.97. The van der Waals surface area contributed by atoms with E-state index in [1.54, 1.807) is 0 Å². The Morgan fingerprint density at radius 2 is 2.17 bits per heavy atom. The first kappa shape index (κ1) is 9.90. The van der Waals surface area contributed by atoms with E-state index in [0.29, 0.717) is 5.92 Å². The van der Waals surface area contributed by atoms with Crippen molar-refractivity contribution in [1.82, 2.24) is 5.32 Å². The second kappa shape index (κ2) is 4.75. The van der Waals surface area contributed by atoms with Crippen molar-refractivity contribution in [2.75, 3.05) is 13.1 Å². The first-order valence-corrected chi connectivity index (χ1v) is 4.67. The van der Waals surface area contributed by atoms with Gasteiger partial charge in [-0.15, -0.1) is 0 Å². The minimum absolute atomic E-state index is 0.148. The van der Waals surface area contributed by atoms with Gasteiger partial charge in [-0.1, -0.05) is 13.3 Å². The normalized spacial score (nSPS) is 30.0. The SMILES string of the molecule is CC1CCC(CNCC(F)F)C1. The Morgan fingerprint density at radius 3 is 2.67 bits per heavy atom. The molecule has 0 aliphatic heterocycles. The summed E-state index contributed by atoms with van der Waals surface area (Å²) in [6.45, 7) is 2.85. The maximum Gasteiger partial charge on any atom is 0.250 e. The van der Waals surface area contributed by atoms with E-state index in [1.165, 1.54) is 19.3 Å². The standard InChI is InChI=1S/C9H17F2N/c1-7-2-3-8(4-7)5-12-6-9(10)11/h7-9,12H,2-6H2,1H3. The van der Waals surface area contributed by atoms with Gasteiger partial charge in [0.05, 0.1) is 6.54 Å². The highest BCUT2D eigenvalue weighted by atomic mass is 19.3. The van der Waals surface area contributed by atoms with E-state index in [9.17, 15) is 8.78 Å². The molecule has 0 aromatic carbocycles. The number of rotatable bonds is 4. The van der Waals surface area contributed by atoms with Crippen molar-refractivity contribution >= 4 is 0 Å². The van der Waals surface area contributed by atoms with E-state index in [0.717, 1.165) is 12.5 Å². The van der Waals surface area contributed by atoms with Crippen LogP contribution in [0, 0.1) is 11.8 Å². The number of halogens is 2. The molecule has 1 saturated carbocycles. The summed E-state index contributed by atoms with van der Waals surface area (Å²) in [5.74, 6) is 1.43. The molecular formula is C9H17F2N. The van der Waals surface area contributed by atoms with E-state index in [-0.39, 0.29) is 6.54 Å². The van der Waals surface area contributed by atoms with Crippen LogP contribution in [0.1, 0.15) is 26.2 Å². The van der Waals surface area contributed by atoms with Gasteiger partial charge in [0.15, 0.2) is 0 Å². The topological polar surface area (TPSA) is 12.0 Å². The van der Waals surface area contributed by atoms with Crippen LogP contribution in [0.4, 0.5) is 8.78 Å². The molecule has 0 spiro atoms. The van der Waals surface area contributed by atoms with Crippen LogP contribution >= 0.6 is 0 Å². The van der Waals surface area contributed by atoms with Crippen LogP contribution in [0.5, 0.6) is 0 Å². The second-order valence-corrected chi connectivity index (χ2v) is 3.83. The third kappa shape index (κ3) is 3.48. The van der Waals surface area contributed by atoms with E-state index in [2.05, 4.69) is 12.2 Å². The molecule has 1 aliphatic rings. The van der Waals surface area contributed by atoms with Crippen molar-refractivity contribution in [3.8, 4) is 0 Å². The number of hydrogen-bond acceptors (Lipinski definition) is 1. The molecule has 0 radical (unpaired) electrons. The van der Waals surface area contributed by atoms with Crippen LogP contribution < -0.4 is 5.32 Å². The summed E-state index contributed by atoms with van der Waals surface area (Å²) < 4.78 is 23.4. The maximum atomic E-state index is 11.7. The average Bonchev–Trinajstić information content (AvgIpc) is 2.35. The molecule has 2 unspecified atom stereocenters. The molecular weight excluding hydrogens is 160 g/mol.